The molecule has 2 heterocycles. The van der Waals surface area contributed by atoms with Crippen molar-refractivity contribution in [1.82, 2.24) is 9.13 Å². The van der Waals surface area contributed by atoms with Crippen molar-refractivity contribution in [2.75, 3.05) is 0 Å². The van der Waals surface area contributed by atoms with Crippen LogP contribution in [0.2, 0.25) is 0 Å². The minimum Gasteiger partial charge on any atom is -0.309 e. The molecule has 2 heteroatoms. The molecule has 2 aromatic heterocycles. The van der Waals surface area contributed by atoms with Crippen molar-refractivity contribution < 1.29 is 0 Å². The third kappa shape index (κ3) is 4.57. The smallest absolute Gasteiger partial charge is 0.0548 e. The Morgan fingerprint density at radius 3 is 1.16 bits per heavy atom. The van der Waals surface area contributed by atoms with Crippen LogP contribution in [0.15, 0.2) is 194 Å². The van der Waals surface area contributed by atoms with E-state index >= 15 is 0 Å². The van der Waals surface area contributed by atoms with Crippen molar-refractivity contribution in [3.05, 3.63) is 194 Å². The second kappa shape index (κ2) is 11.5. The van der Waals surface area contributed by atoms with Crippen LogP contribution in [0.3, 0.4) is 0 Å². The monoisotopic (exact) mass is 636 g/mol. The minimum atomic E-state index is 1.15. The van der Waals surface area contributed by atoms with E-state index in [1.807, 2.05) is 0 Å². The highest BCUT2D eigenvalue weighted by molar-refractivity contribution is 6.19. The van der Waals surface area contributed by atoms with Crippen molar-refractivity contribution in [3.8, 4) is 44.8 Å². The molecule has 0 bridgehead atoms. The lowest BCUT2D eigenvalue weighted by molar-refractivity contribution is 1.17. The van der Waals surface area contributed by atoms with Crippen molar-refractivity contribution in [2.45, 2.75) is 0 Å². The summed E-state index contributed by atoms with van der Waals surface area (Å²) >= 11 is 0. The molecule has 0 aliphatic carbocycles. The number of aromatic nitrogens is 2. The molecule has 0 aliphatic heterocycles. The SMILES string of the molecule is c1ccc(-c2ccc(-c3ccc(-n4c5ccccc5c5cc6c(cc54)c4ccccc4n6-c4cccc(-c5ccccc5)c4)cc3)cc2)cc1. The minimum absolute atomic E-state index is 1.15. The zero-order valence-electron chi connectivity index (χ0n) is 27.4. The summed E-state index contributed by atoms with van der Waals surface area (Å²) in [5.41, 5.74) is 14.5. The topological polar surface area (TPSA) is 9.86 Å². The molecular weight excluding hydrogens is 605 g/mol. The quantitative estimate of drug-likeness (QED) is 0.178. The lowest BCUT2D eigenvalue weighted by Gasteiger charge is -2.11. The van der Waals surface area contributed by atoms with Gasteiger partial charge in [-0.3, -0.25) is 0 Å². The first-order chi connectivity index (χ1) is 24.8. The fourth-order valence-corrected chi connectivity index (χ4v) is 7.73. The van der Waals surface area contributed by atoms with E-state index in [2.05, 4.69) is 203 Å². The van der Waals surface area contributed by atoms with Crippen LogP contribution in [-0.2, 0) is 0 Å². The van der Waals surface area contributed by atoms with Crippen LogP contribution in [0, 0.1) is 0 Å². The average molecular weight is 637 g/mol. The first-order valence-corrected chi connectivity index (χ1v) is 17.2. The zero-order chi connectivity index (χ0) is 33.0. The van der Waals surface area contributed by atoms with E-state index in [0.717, 1.165) is 11.4 Å². The Kier molecular flexibility index (Phi) is 6.53. The number of para-hydroxylation sites is 2. The van der Waals surface area contributed by atoms with Crippen LogP contribution in [-0.4, -0.2) is 9.13 Å². The summed E-state index contributed by atoms with van der Waals surface area (Å²) in [5.74, 6) is 0. The maximum atomic E-state index is 2.43. The largest absolute Gasteiger partial charge is 0.309 e. The standard InChI is InChI=1S/C48H32N2/c1-3-12-33(13-4-1)35-22-24-36(25-23-35)37-26-28-39(29-27-37)49-45-20-9-7-18-41(45)43-32-48-44(31-47(43)49)42-19-8-10-21-46(42)50(48)40-17-11-16-38(30-40)34-14-5-2-6-15-34/h1-32H. The molecule has 0 amide bonds. The third-order valence-electron chi connectivity index (χ3n) is 10.1. The highest BCUT2D eigenvalue weighted by Crippen LogP contribution is 2.40. The van der Waals surface area contributed by atoms with Gasteiger partial charge in [-0.1, -0.05) is 146 Å². The lowest BCUT2D eigenvalue weighted by atomic mass is 10.0. The molecular formula is C48H32N2. The highest BCUT2D eigenvalue weighted by Gasteiger charge is 2.18. The molecule has 50 heavy (non-hydrogen) atoms. The van der Waals surface area contributed by atoms with E-state index in [9.17, 15) is 0 Å². The maximum Gasteiger partial charge on any atom is 0.0548 e. The van der Waals surface area contributed by atoms with Gasteiger partial charge in [0.05, 0.1) is 22.1 Å². The van der Waals surface area contributed by atoms with Gasteiger partial charge >= 0.3 is 0 Å². The zero-order valence-corrected chi connectivity index (χ0v) is 27.4. The van der Waals surface area contributed by atoms with Crippen molar-refractivity contribution >= 4 is 43.6 Å². The Hall–Kier alpha value is -6.64. The number of nitrogens with zero attached hydrogens (tertiary/aromatic N) is 2. The van der Waals surface area contributed by atoms with Gasteiger partial charge in [0.1, 0.15) is 0 Å². The summed E-state index contributed by atoms with van der Waals surface area (Å²) < 4.78 is 4.86. The van der Waals surface area contributed by atoms with Crippen molar-refractivity contribution in [1.29, 1.82) is 0 Å². The van der Waals surface area contributed by atoms with Gasteiger partial charge in [-0.15, -0.1) is 0 Å². The Morgan fingerprint density at radius 1 is 0.220 bits per heavy atom. The highest BCUT2D eigenvalue weighted by atomic mass is 15.0. The Morgan fingerprint density at radius 2 is 0.620 bits per heavy atom. The normalized spacial score (nSPS) is 11.6. The van der Waals surface area contributed by atoms with E-state index in [1.165, 1.54) is 77.0 Å². The molecule has 2 nitrogen and oxygen atoms in total. The Labute approximate surface area is 290 Å². The summed E-state index contributed by atoms with van der Waals surface area (Å²) in [6.07, 6.45) is 0. The number of rotatable bonds is 5. The van der Waals surface area contributed by atoms with Crippen LogP contribution in [0.25, 0.3) is 88.4 Å². The second-order valence-corrected chi connectivity index (χ2v) is 13.0. The van der Waals surface area contributed by atoms with Crippen LogP contribution in [0.1, 0.15) is 0 Å². The van der Waals surface area contributed by atoms with Gasteiger partial charge < -0.3 is 9.13 Å². The number of benzene rings is 8. The molecule has 0 N–H and O–H groups in total. The van der Waals surface area contributed by atoms with Gasteiger partial charge in [-0.05, 0) is 81.9 Å². The molecule has 0 fully saturated rings. The molecule has 234 valence electrons. The Bertz CT molecular complexity index is 2820. The van der Waals surface area contributed by atoms with Gasteiger partial charge in [0, 0.05) is 32.9 Å². The second-order valence-electron chi connectivity index (χ2n) is 13.0. The predicted octanol–water partition coefficient (Wildman–Crippen LogP) is 12.9. The number of hydrogen-bond acceptors (Lipinski definition) is 0. The first kappa shape index (κ1) is 28.4. The van der Waals surface area contributed by atoms with Crippen molar-refractivity contribution in [2.24, 2.45) is 0 Å². The van der Waals surface area contributed by atoms with E-state index in [1.54, 1.807) is 0 Å². The molecule has 0 saturated carbocycles. The van der Waals surface area contributed by atoms with E-state index in [4.69, 9.17) is 0 Å². The van der Waals surface area contributed by atoms with Crippen molar-refractivity contribution in [3.63, 3.8) is 0 Å². The molecule has 0 aliphatic rings. The molecule has 10 rings (SSSR count). The Balaban J connectivity index is 1.13. The molecule has 0 unspecified atom stereocenters. The van der Waals surface area contributed by atoms with Gasteiger partial charge in [0.25, 0.3) is 0 Å². The molecule has 0 radical (unpaired) electrons. The van der Waals surface area contributed by atoms with E-state index in [0.29, 0.717) is 0 Å². The van der Waals surface area contributed by atoms with Crippen LogP contribution in [0.5, 0.6) is 0 Å². The fraction of sp³-hybridized carbons (Fsp3) is 0. The molecule has 0 spiro atoms. The average Bonchev–Trinajstić information content (AvgIpc) is 3.70. The molecule has 8 aromatic carbocycles. The lowest BCUT2D eigenvalue weighted by Crippen LogP contribution is -1.95. The summed E-state index contributed by atoms with van der Waals surface area (Å²) in [7, 11) is 0. The first-order valence-electron chi connectivity index (χ1n) is 17.2. The van der Waals surface area contributed by atoms with Crippen LogP contribution >= 0.6 is 0 Å². The molecule has 0 atom stereocenters. The van der Waals surface area contributed by atoms with Gasteiger partial charge in [-0.25, -0.2) is 0 Å². The number of fused-ring (bicyclic) bond motifs is 6. The predicted molar refractivity (Wildman–Crippen MR) is 211 cm³/mol. The van der Waals surface area contributed by atoms with Gasteiger partial charge in [-0.2, -0.15) is 0 Å². The molecule has 0 saturated heterocycles. The summed E-state index contributed by atoms with van der Waals surface area (Å²) in [6, 6.07) is 70.4. The van der Waals surface area contributed by atoms with Gasteiger partial charge in [0.2, 0.25) is 0 Å². The van der Waals surface area contributed by atoms with E-state index in [-0.39, 0.29) is 0 Å². The molecule has 10 aromatic rings. The third-order valence-corrected chi connectivity index (χ3v) is 10.1. The van der Waals surface area contributed by atoms with Gasteiger partial charge in [0.15, 0.2) is 0 Å². The van der Waals surface area contributed by atoms with E-state index < -0.39 is 0 Å². The summed E-state index contributed by atoms with van der Waals surface area (Å²) in [6.45, 7) is 0. The number of hydrogen-bond donors (Lipinski definition) is 0. The fourth-order valence-electron chi connectivity index (χ4n) is 7.73. The van der Waals surface area contributed by atoms with Crippen LogP contribution < -0.4 is 0 Å². The summed E-state index contributed by atoms with van der Waals surface area (Å²) in [4.78, 5) is 0. The maximum absolute atomic E-state index is 2.43. The van der Waals surface area contributed by atoms with Crippen LogP contribution in [0.4, 0.5) is 0 Å². The summed E-state index contributed by atoms with van der Waals surface area (Å²) in [5, 5.41) is 5.00.